The number of ether oxygens (including phenoxy) is 2. The number of amides is 1. The number of hydrogen-bond donors (Lipinski definition) is 2. The van der Waals surface area contributed by atoms with Crippen molar-refractivity contribution in [3.63, 3.8) is 0 Å². The van der Waals surface area contributed by atoms with Gasteiger partial charge in [-0.2, -0.15) is 0 Å². The first kappa shape index (κ1) is 22.7. The van der Waals surface area contributed by atoms with Crippen LogP contribution >= 0.6 is 0 Å². The van der Waals surface area contributed by atoms with Gasteiger partial charge in [-0.25, -0.2) is 9.59 Å². The molecule has 0 saturated heterocycles. The number of aromatic amines is 1. The van der Waals surface area contributed by atoms with E-state index >= 15 is 0 Å². The van der Waals surface area contributed by atoms with Gasteiger partial charge in [0.25, 0.3) is 5.91 Å². The van der Waals surface area contributed by atoms with Gasteiger partial charge in [-0.1, -0.05) is 0 Å². The predicted octanol–water partition coefficient (Wildman–Crippen LogP) is 3.08. The summed E-state index contributed by atoms with van der Waals surface area (Å²) in [7, 11) is 0. The SMILES string of the molecule is CCOC(=O)C(Cc1c[nH]c2ccc(OC(=O)c3cccnc3)cc12)NC(=O)c1cccnc1. The second-order valence-electron chi connectivity index (χ2n) is 7.38. The number of nitrogens with zero attached hydrogens (tertiary/aromatic N) is 2. The molecule has 0 bridgehead atoms. The molecule has 9 heteroatoms. The number of esters is 2. The average molecular weight is 458 g/mol. The minimum Gasteiger partial charge on any atom is -0.464 e. The number of aromatic nitrogens is 3. The molecule has 0 saturated carbocycles. The summed E-state index contributed by atoms with van der Waals surface area (Å²) < 4.78 is 10.7. The lowest BCUT2D eigenvalue weighted by atomic mass is 10.0. The Labute approximate surface area is 195 Å². The smallest absolute Gasteiger partial charge is 0.345 e. The molecule has 1 atom stereocenters. The Bertz CT molecular complexity index is 1300. The second kappa shape index (κ2) is 10.4. The third-order valence-corrected chi connectivity index (χ3v) is 5.07. The molecule has 3 heterocycles. The second-order valence-corrected chi connectivity index (χ2v) is 7.38. The Morgan fingerprint density at radius 3 is 2.44 bits per heavy atom. The summed E-state index contributed by atoms with van der Waals surface area (Å²) in [6.45, 7) is 1.88. The predicted molar refractivity (Wildman–Crippen MR) is 123 cm³/mol. The monoisotopic (exact) mass is 458 g/mol. The standard InChI is InChI=1S/C25H22N4O5/c1-2-33-25(32)22(29-23(30)16-5-3-9-26-13-16)11-18-15-28-21-8-7-19(12-20(18)21)34-24(31)17-6-4-10-27-14-17/h3-10,12-15,22,28H,2,11H2,1H3,(H,29,30). The van der Waals surface area contributed by atoms with E-state index in [0.717, 1.165) is 16.5 Å². The molecule has 0 aliphatic rings. The van der Waals surface area contributed by atoms with Crippen LogP contribution in [0.2, 0.25) is 0 Å². The number of benzene rings is 1. The first-order valence-electron chi connectivity index (χ1n) is 10.6. The van der Waals surface area contributed by atoms with Gasteiger partial charge in [0.15, 0.2) is 0 Å². The van der Waals surface area contributed by atoms with E-state index in [4.69, 9.17) is 9.47 Å². The lowest BCUT2D eigenvalue weighted by Gasteiger charge is -2.17. The number of nitrogens with one attached hydrogen (secondary N) is 2. The summed E-state index contributed by atoms with van der Waals surface area (Å²) in [6, 6.07) is 10.8. The van der Waals surface area contributed by atoms with Gasteiger partial charge in [0, 0.05) is 48.3 Å². The zero-order valence-corrected chi connectivity index (χ0v) is 18.4. The van der Waals surface area contributed by atoms with Crippen LogP contribution in [0.4, 0.5) is 0 Å². The van der Waals surface area contributed by atoms with Crippen LogP contribution in [0, 0.1) is 0 Å². The Hall–Kier alpha value is -4.53. The van der Waals surface area contributed by atoms with Crippen molar-refractivity contribution in [2.75, 3.05) is 6.61 Å². The highest BCUT2D eigenvalue weighted by Crippen LogP contribution is 2.25. The highest BCUT2D eigenvalue weighted by atomic mass is 16.5. The molecule has 1 aromatic carbocycles. The van der Waals surface area contributed by atoms with Crippen molar-refractivity contribution < 1.29 is 23.9 Å². The topological polar surface area (TPSA) is 123 Å². The maximum Gasteiger partial charge on any atom is 0.345 e. The summed E-state index contributed by atoms with van der Waals surface area (Å²) in [4.78, 5) is 48.6. The molecule has 3 aromatic heterocycles. The molecule has 1 unspecified atom stereocenters. The lowest BCUT2D eigenvalue weighted by molar-refractivity contribution is -0.145. The average Bonchev–Trinajstić information content (AvgIpc) is 3.26. The highest BCUT2D eigenvalue weighted by Gasteiger charge is 2.24. The number of H-pyrrole nitrogens is 1. The van der Waals surface area contributed by atoms with Crippen LogP contribution in [0.1, 0.15) is 33.2 Å². The fourth-order valence-electron chi connectivity index (χ4n) is 3.43. The number of carbonyl (C=O) groups excluding carboxylic acids is 3. The van der Waals surface area contributed by atoms with Gasteiger partial charge in [-0.15, -0.1) is 0 Å². The molecule has 0 aliphatic carbocycles. The summed E-state index contributed by atoms with van der Waals surface area (Å²) >= 11 is 0. The zero-order chi connectivity index (χ0) is 23.9. The maximum absolute atomic E-state index is 12.6. The summed E-state index contributed by atoms with van der Waals surface area (Å²) in [5.41, 5.74) is 2.20. The molecule has 172 valence electrons. The Kier molecular flexibility index (Phi) is 6.92. The van der Waals surface area contributed by atoms with Crippen molar-refractivity contribution in [3.05, 3.63) is 90.1 Å². The molecule has 4 rings (SSSR count). The van der Waals surface area contributed by atoms with Gasteiger partial charge in [0.2, 0.25) is 0 Å². The van der Waals surface area contributed by atoms with E-state index in [9.17, 15) is 14.4 Å². The number of pyridine rings is 2. The van der Waals surface area contributed by atoms with Crippen molar-refractivity contribution >= 4 is 28.7 Å². The highest BCUT2D eigenvalue weighted by molar-refractivity contribution is 5.97. The fraction of sp³-hybridized carbons (Fsp3) is 0.160. The van der Waals surface area contributed by atoms with Gasteiger partial charge < -0.3 is 19.8 Å². The Balaban J connectivity index is 1.56. The van der Waals surface area contributed by atoms with Gasteiger partial charge in [0.05, 0.1) is 17.7 Å². The van der Waals surface area contributed by atoms with Crippen LogP contribution in [0.15, 0.2) is 73.4 Å². The third-order valence-electron chi connectivity index (χ3n) is 5.07. The molecule has 2 N–H and O–H groups in total. The quantitative estimate of drug-likeness (QED) is 0.307. The summed E-state index contributed by atoms with van der Waals surface area (Å²) in [5.74, 6) is -1.17. The molecule has 0 aliphatic heterocycles. The van der Waals surface area contributed by atoms with Gasteiger partial charge >= 0.3 is 11.9 Å². The summed E-state index contributed by atoms with van der Waals surface area (Å²) in [5, 5.41) is 3.48. The van der Waals surface area contributed by atoms with Crippen LogP contribution in [-0.2, 0) is 16.0 Å². The number of hydrogen-bond acceptors (Lipinski definition) is 7. The van der Waals surface area contributed by atoms with Crippen LogP contribution in [0.5, 0.6) is 5.75 Å². The van der Waals surface area contributed by atoms with Crippen molar-refractivity contribution in [1.82, 2.24) is 20.3 Å². The van der Waals surface area contributed by atoms with E-state index in [1.165, 1.54) is 12.4 Å². The molecule has 0 spiro atoms. The summed E-state index contributed by atoms with van der Waals surface area (Å²) in [6.07, 6.45) is 7.90. The van der Waals surface area contributed by atoms with Crippen molar-refractivity contribution in [3.8, 4) is 5.75 Å². The third kappa shape index (κ3) is 5.26. The van der Waals surface area contributed by atoms with Crippen molar-refractivity contribution in [1.29, 1.82) is 0 Å². The molecule has 0 fully saturated rings. The van der Waals surface area contributed by atoms with E-state index in [0.29, 0.717) is 16.9 Å². The minimum atomic E-state index is -0.923. The van der Waals surface area contributed by atoms with Crippen LogP contribution in [-0.4, -0.2) is 45.4 Å². The molecule has 4 aromatic rings. The van der Waals surface area contributed by atoms with E-state index in [1.807, 2.05) is 0 Å². The van der Waals surface area contributed by atoms with E-state index in [1.54, 1.807) is 68.0 Å². The maximum atomic E-state index is 12.6. The minimum absolute atomic E-state index is 0.171. The molecule has 1 amide bonds. The molecular formula is C25H22N4O5. The van der Waals surface area contributed by atoms with E-state index in [2.05, 4.69) is 20.3 Å². The van der Waals surface area contributed by atoms with Crippen molar-refractivity contribution in [2.45, 2.75) is 19.4 Å². The fourth-order valence-corrected chi connectivity index (χ4v) is 3.43. The number of fused-ring (bicyclic) bond motifs is 1. The van der Waals surface area contributed by atoms with Crippen LogP contribution in [0.3, 0.4) is 0 Å². The normalized spacial score (nSPS) is 11.6. The van der Waals surface area contributed by atoms with E-state index in [-0.39, 0.29) is 13.0 Å². The zero-order valence-electron chi connectivity index (χ0n) is 18.4. The lowest BCUT2D eigenvalue weighted by Crippen LogP contribution is -2.43. The van der Waals surface area contributed by atoms with Crippen LogP contribution < -0.4 is 10.1 Å². The van der Waals surface area contributed by atoms with Gasteiger partial charge in [-0.3, -0.25) is 14.8 Å². The number of rotatable bonds is 8. The number of carbonyl (C=O) groups is 3. The van der Waals surface area contributed by atoms with Gasteiger partial charge in [-0.05, 0) is 55.0 Å². The molecule has 34 heavy (non-hydrogen) atoms. The first-order chi connectivity index (χ1) is 16.5. The Morgan fingerprint density at radius 2 is 1.76 bits per heavy atom. The first-order valence-corrected chi connectivity index (χ1v) is 10.6. The molecular weight excluding hydrogens is 436 g/mol. The Morgan fingerprint density at radius 1 is 1.03 bits per heavy atom. The van der Waals surface area contributed by atoms with Gasteiger partial charge in [0.1, 0.15) is 11.8 Å². The van der Waals surface area contributed by atoms with Crippen molar-refractivity contribution in [2.24, 2.45) is 0 Å². The van der Waals surface area contributed by atoms with Crippen LogP contribution in [0.25, 0.3) is 10.9 Å². The van der Waals surface area contributed by atoms with E-state index < -0.39 is 23.9 Å². The largest absolute Gasteiger partial charge is 0.464 e. The molecule has 9 nitrogen and oxygen atoms in total. The molecule has 0 radical (unpaired) electrons.